The predicted molar refractivity (Wildman–Crippen MR) is 90.2 cm³/mol. The van der Waals surface area contributed by atoms with Crippen molar-refractivity contribution in [3.05, 3.63) is 58.2 Å². The molecule has 1 aliphatic heterocycles. The summed E-state index contributed by atoms with van der Waals surface area (Å²) in [5.74, 6) is 0.764. The van der Waals surface area contributed by atoms with Crippen LogP contribution in [0, 0.1) is 0 Å². The third kappa shape index (κ3) is 2.80. The maximum absolute atomic E-state index is 12.1. The van der Waals surface area contributed by atoms with Gasteiger partial charge in [-0.1, -0.05) is 6.07 Å². The van der Waals surface area contributed by atoms with Crippen LogP contribution in [-0.4, -0.2) is 21.6 Å². The maximum Gasteiger partial charge on any atom is 0.207 e. The number of thiophene rings is 1. The molecule has 0 amide bonds. The number of aliphatic imine (C=N–C) groups is 1. The minimum Gasteiger partial charge on any atom is -0.439 e. The molecule has 4 rings (SSSR count). The number of rotatable bonds is 3. The third-order valence-corrected chi connectivity index (χ3v) is 4.44. The van der Waals surface area contributed by atoms with Crippen molar-refractivity contribution in [2.45, 2.75) is 13.0 Å². The van der Waals surface area contributed by atoms with Crippen molar-refractivity contribution in [3.8, 4) is 0 Å². The normalized spacial score (nSPS) is 18.2. The first kappa shape index (κ1) is 13.9. The van der Waals surface area contributed by atoms with Crippen LogP contribution in [0.2, 0.25) is 0 Å². The van der Waals surface area contributed by atoms with E-state index in [1.165, 1.54) is 0 Å². The van der Waals surface area contributed by atoms with Crippen molar-refractivity contribution in [1.82, 2.24) is 9.97 Å². The standard InChI is InChI=1S/C17H13N3O2S/c21-14-8-16(19-10-12-3-2-6-23-12)22-15(14)7-11-9-20-17-13(11)4-1-5-18-17/h1-7,9H,8,10H2,(H,18,20)/b15-7-,19-16?. The number of Topliss-reactive ketones (excluding diaryl/α,β-unsaturated/α-hetero) is 1. The second-order valence-corrected chi connectivity index (χ2v) is 6.18. The van der Waals surface area contributed by atoms with Gasteiger partial charge in [0.2, 0.25) is 5.78 Å². The lowest BCUT2D eigenvalue weighted by Crippen LogP contribution is -1.94. The van der Waals surface area contributed by atoms with Gasteiger partial charge >= 0.3 is 0 Å². The minimum absolute atomic E-state index is 0.0480. The molecule has 4 heterocycles. The average molecular weight is 323 g/mol. The highest BCUT2D eigenvalue weighted by Crippen LogP contribution is 2.23. The zero-order chi connectivity index (χ0) is 15.6. The first-order chi connectivity index (χ1) is 11.3. The van der Waals surface area contributed by atoms with Crippen molar-refractivity contribution < 1.29 is 9.53 Å². The summed E-state index contributed by atoms with van der Waals surface area (Å²) in [6.45, 7) is 0.546. The Kier molecular flexibility index (Phi) is 3.51. The van der Waals surface area contributed by atoms with Crippen molar-refractivity contribution in [2.75, 3.05) is 0 Å². The first-order valence-corrected chi connectivity index (χ1v) is 8.08. The number of nitrogens with one attached hydrogen (secondary N) is 1. The zero-order valence-electron chi connectivity index (χ0n) is 12.2. The lowest BCUT2D eigenvalue weighted by Gasteiger charge is -1.98. The first-order valence-electron chi connectivity index (χ1n) is 7.20. The van der Waals surface area contributed by atoms with Crippen LogP contribution in [0.15, 0.2) is 52.8 Å². The molecule has 0 radical (unpaired) electrons. The molecule has 0 unspecified atom stereocenters. The number of ketones is 1. The van der Waals surface area contributed by atoms with Gasteiger partial charge in [-0.15, -0.1) is 11.3 Å². The molecular formula is C17H13N3O2S. The minimum atomic E-state index is -0.0480. The molecule has 23 heavy (non-hydrogen) atoms. The van der Waals surface area contributed by atoms with Crippen molar-refractivity contribution in [3.63, 3.8) is 0 Å². The van der Waals surface area contributed by atoms with E-state index in [2.05, 4.69) is 15.0 Å². The molecule has 6 heteroatoms. The topological polar surface area (TPSA) is 67.3 Å². The Morgan fingerprint density at radius 3 is 3.22 bits per heavy atom. The Bertz CT molecular complexity index is 922. The number of hydrogen-bond acceptors (Lipinski definition) is 5. The fraction of sp³-hybridized carbons (Fsp3) is 0.118. The molecular weight excluding hydrogens is 310 g/mol. The van der Waals surface area contributed by atoms with Gasteiger partial charge < -0.3 is 9.72 Å². The maximum atomic E-state index is 12.1. The molecule has 0 saturated carbocycles. The van der Waals surface area contributed by atoms with Crippen LogP contribution in [0.1, 0.15) is 16.9 Å². The second-order valence-electron chi connectivity index (χ2n) is 5.14. The smallest absolute Gasteiger partial charge is 0.207 e. The van der Waals surface area contributed by atoms with E-state index in [9.17, 15) is 4.79 Å². The Hall–Kier alpha value is -2.73. The highest BCUT2D eigenvalue weighted by atomic mass is 32.1. The van der Waals surface area contributed by atoms with Gasteiger partial charge in [-0.2, -0.15) is 0 Å². The van der Waals surface area contributed by atoms with Gasteiger partial charge in [0.05, 0.1) is 13.0 Å². The van der Waals surface area contributed by atoms with E-state index in [0.29, 0.717) is 18.2 Å². The molecule has 3 aromatic rings. The van der Waals surface area contributed by atoms with Gasteiger partial charge in [-0.25, -0.2) is 9.98 Å². The fourth-order valence-electron chi connectivity index (χ4n) is 2.45. The van der Waals surface area contributed by atoms with Crippen molar-refractivity contribution in [1.29, 1.82) is 0 Å². The van der Waals surface area contributed by atoms with Crippen LogP contribution >= 0.6 is 11.3 Å². The molecule has 5 nitrogen and oxygen atoms in total. The highest BCUT2D eigenvalue weighted by molar-refractivity contribution is 7.09. The Morgan fingerprint density at radius 1 is 1.39 bits per heavy atom. The number of allylic oxidation sites excluding steroid dienone is 1. The molecule has 0 aromatic carbocycles. The van der Waals surface area contributed by atoms with Crippen LogP contribution in [0.3, 0.4) is 0 Å². The van der Waals surface area contributed by atoms with Crippen molar-refractivity contribution >= 4 is 40.1 Å². The molecule has 1 fully saturated rings. The van der Waals surface area contributed by atoms with Gasteiger partial charge in [-0.3, -0.25) is 4.79 Å². The van der Waals surface area contributed by atoms with Gasteiger partial charge in [0.15, 0.2) is 11.7 Å². The van der Waals surface area contributed by atoms with E-state index >= 15 is 0 Å². The Morgan fingerprint density at radius 2 is 2.35 bits per heavy atom. The van der Waals surface area contributed by atoms with Crippen LogP contribution in [-0.2, 0) is 16.1 Å². The molecule has 0 bridgehead atoms. The summed E-state index contributed by atoms with van der Waals surface area (Å²) in [7, 11) is 0. The van der Waals surface area contributed by atoms with Crippen LogP contribution in [0.4, 0.5) is 0 Å². The van der Waals surface area contributed by atoms with E-state index in [1.54, 1.807) is 23.6 Å². The Balaban J connectivity index is 1.57. The fourth-order valence-corrected chi connectivity index (χ4v) is 3.08. The number of ether oxygens (including phenoxy) is 1. The van der Waals surface area contributed by atoms with E-state index in [-0.39, 0.29) is 12.2 Å². The lowest BCUT2D eigenvalue weighted by atomic mass is 10.1. The van der Waals surface area contributed by atoms with Gasteiger partial charge in [0.1, 0.15) is 5.65 Å². The highest BCUT2D eigenvalue weighted by Gasteiger charge is 2.25. The number of H-pyrrole nitrogens is 1. The number of aromatic amines is 1. The number of aromatic nitrogens is 2. The summed E-state index contributed by atoms with van der Waals surface area (Å²) >= 11 is 1.64. The second kappa shape index (κ2) is 5.81. The summed E-state index contributed by atoms with van der Waals surface area (Å²) in [5, 5.41) is 2.97. The molecule has 1 aliphatic rings. The molecule has 3 aromatic heterocycles. The van der Waals surface area contributed by atoms with Crippen LogP contribution in [0.5, 0.6) is 0 Å². The summed E-state index contributed by atoms with van der Waals surface area (Å²) in [4.78, 5) is 25.0. The van der Waals surface area contributed by atoms with Crippen LogP contribution in [0.25, 0.3) is 17.1 Å². The van der Waals surface area contributed by atoms with Crippen LogP contribution < -0.4 is 0 Å². The number of fused-ring (bicyclic) bond motifs is 1. The molecule has 1 N–H and O–H groups in total. The summed E-state index contributed by atoms with van der Waals surface area (Å²) in [6, 6.07) is 7.82. The quantitative estimate of drug-likeness (QED) is 0.750. The van der Waals surface area contributed by atoms with Gasteiger partial charge in [-0.05, 0) is 29.7 Å². The van der Waals surface area contributed by atoms with Gasteiger partial charge in [0, 0.05) is 28.2 Å². The molecule has 114 valence electrons. The number of nitrogens with zero attached hydrogens (tertiary/aromatic N) is 2. The molecule has 0 spiro atoms. The van der Waals surface area contributed by atoms with E-state index < -0.39 is 0 Å². The largest absolute Gasteiger partial charge is 0.439 e. The molecule has 0 aliphatic carbocycles. The molecule has 0 atom stereocenters. The monoisotopic (exact) mass is 323 g/mol. The summed E-state index contributed by atoms with van der Waals surface area (Å²) in [5.41, 5.74) is 1.67. The number of hydrogen-bond donors (Lipinski definition) is 1. The van der Waals surface area contributed by atoms with Gasteiger partial charge in [0.25, 0.3) is 0 Å². The Labute approximate surface area is 136 Å². The summed E-state index contributed by atoms with van der Waals surface area (Å²) < 4.78 is 5.63. The van der Waals surface area contributed by atoms with Crippen molar-refractivity contribution in [2.24, 2.45) is 4.99 Å². The van der Waals surface area contributed by atoms with E-state index in [4.69, 9.17) is 4.74 Å². The zero-order valence-corrected chi connectivity index (χ0v) is 13.0. The number of pyridine rings is 1. The summed E-state index contributed by atoms with van der Waals surface area (Å²) in [6.07, 6.45) is 5.51. The third-order valence-electron chi connectivity index (χ3n) is 3.58. The average Bonchev–Trinajstić information content (AvgIpc) is 3.28. The number of carbonyl (C=O) groups excluding carboxylic acids is 1. The lowest BCUT2D eigenvalue weighted by molar-refractivity contribution is -0.114. The van der Waals surface area contributed by atoms with E-state index in [0.717, 1.165) is 21.5 Å². The molecule has 1 saturated heterocycles. The van der Waals surface area contributed by atoms with E-state index in [1.807, 2.05) is 35.8 Å². The number of carbonyl (C=O) groups is 1. The SMILES string of the molecule is O=C1CC(=NCc2cccs2)O/C1=C\c1c[nH]c2ncccc12. The predicted octanol–water partition coefficient (Wildman–Crippen LogP) is 3.55.